The first-order valence-corrected chi connectivity index (χ1v) is 9.44. The van der Waals surface area contributed by atoms with Crippen molar-refractivity contribution in [2.24, 2.45) is 0 Å². The highest BCUT2D eigenvalue weighted by molar-refractivity contribution is 9.10. The Bertz CT molecular complexity index is 1210. The molecule has 0 aliphatic heterocycles. The van der Waals surface area contributed by atoms with Gasteiger partial charge in [-0.3, -0.25) is 9.36 Å². The molecule has 4 rings (SSSR count). The van der Waals surface area contributed by atoms with E-state index in [2.05, 4.69) is 15.9 Å². The third-order valence-corrected chi connectivity index (χ3v) is 5.32. The molecule has 4 aromatic rings. The molecule has 0 spiro atoms. The lowest BCUT2D eigenvalue weighted by molar-refractivity contribution is 0.941. The molecule has 3 nitrogen and oxygen atoms in total. The number of aromatic nitrogens is 2. The maximum Gasteiger partial charge on any atom is 0.266 e. The number of hydrogen-bond donors (Lipinski definition) is 0. The second-order valence-corrected chi connectivity index (χ2v) is 7.16. The number of rotatable bonds is 3. The van der Waals surface area contributed by atoms with Gasteiger partial charge in [0.15, 0.2) is 0 Å². The van der Waals surface area contributed by atoms with Crippen molar-refractivity contribution in [3.05, 3.63) is 105 Å². The molecule has 0 saturated heterocycles. The fourth-order valence-electron chi connectivity index (χ4n) is 3.01. The summed E-state index contributed by atoms with van der Waals surface area (Å²) in [4.78, 5) is 18.0. The van der Waals surface area contributed by atoms with Crippen LogP contribution in [0.3, 0.4) is 0 Å². The maximum atomic E-state index is 13.2. The first-order valence-electron chi connectivity index (χ1n) is 8.65. The number of benzene rings is 3. The normalized spacial score (nSPS) is 11.3. The molecule has 27 heavy (non-hydrogen) atoms. The van der Waals surface area contributed by atoms with Crippen LogP contribution in [-0.2, 0) is 0 Å². The van der Waals surface area contributed by atoms with Crippen molar-refractivity contribution in [3.8, 4) is 5.69 Å². The van der Waals surface area contributed by atoms with Crippen LogP contribution < -0.4 is 5.56 Å². The molecule has 1 aromatic heterocycles. The molecule has 0 amide bonds. The van der Waals surface area contributed by atoms with Crippen LogP contribution in [0.2, 0.25) is 0 Å². The van der Waals surface area contributed by atoms with Crippen molar-refractivity contribution in [2.75, 3.05) is 0 Å². The van der Waals surface area contributed by atoms with Gasteiger partial charge in [-0.15, -0.1) is 0 Å². The Labute approximate surface area is 165 Å². The van der Waals surface area contributed by atoms with E-state index in [1.165, 1.54) is 0 Å². The number of fused-ring (bicyclic) bond motifs is 1. The summed E-state index contributed by atoms with van der Waals surface area (Å²) in [6, 6.07) is 23.3. The van der Waals surface area contributed by atoms with Crippen LogP contribution >= 0.6 is 15.9 Å². The third kappa shape index (κ3) is 3.49. The molecule has 4 heteroatoms. The van der Waals surface area contributed by atoms with Crippen LogP contribution in [-0.4, -0.2) is 9.55 Å². The van der Waals surface area contributed by atoms with Gasteiger partial charge >= 0.3 is 0 Å². The summed E-state index contributed by atoms with van der Waals surface area (Å²) in [5.41, 5.74) is 3.53. The van der Waals surface area contributed by atoms with Crippen LogP contribution in [0.15, 0.2) is 82.1 Å². The minimum absolute atomic E-state index is 0.0740. The molecule has 0 aliphatic rings. The average Bonchev–Trinajstić information content (AvgIpc) is 2.70. The Morgan fingerprint density at radius 3 is 2.44 bits per heavy atom. The van der Waals surface area contributed by atoms with Crippen LogP contribution in [0, 0.1) is 6.92 Å². The van der Waals surface area contributed by atoms with E-state index in [-0.39, 0.29) is 5.56 Å². The van der Waals surface area contributed by atoms with Crippen LogP contribution in [0.5, 0.6) is 0 Å². The second-order valence-electron chi connectivity index (χ2n) is 6.31. The monoisotopic (exact) mass is 416 g/mol. The molecule has 0 radical (unpaired) electrons. The van der Waals surface area contributed by atoms with Crippen molar-refractivity contribution in [2.45, 2.75) is 6.92 Å². The lowest BCUT2D eigenvalue weighted by Crippen LogP contribution is -2.22. The Kier molecular flexibility index (Phi) is 4.73. The molecule has 1 heterocycles. The van der Waals surface area contributed by atoms with Gasteiger partial charge in [-0.2, -0.15) is 0 Å². The minimum Gasteiger partial charge on any atom is -0.268 e. The Hall–Kier alpha value is -2.98. The summed E-state index contributed by atoms with van der Waals surface area (Å²) in [7, 11) is 0. The van der Waals surface area contributed by atoms with Crippen molar-refractivity contribution < 1.29 is 0 Å². The van der Waals surface area contributed by atoms with Crippen LogP contribution in [0.25, 0.3) is 28.7 Å². The molecule has 0 atom stereocenters. The van der Waals surface area contributed by atoms with Crippen molar-refractivity contribution in [1.82, 2.24) is 9.55 Å². The van der Waals surface area contributed by atoms with Gasteiger partial charge in [0.1, 0.15) is 5.82 Å². The first kappa shape index (κ1) is 17.4. The molecule has 0 bridgehead atoms. The Morgan fingerprint density at radius 1 is 0.926 bits per heavy atom. The van der Waals surface area contributed by atoms with Gasteiger partial charge in [0.2, 0.25) is 0 Å². The van der Waals surface area contributed by atoms with E-state index in [1.807, 2.05) is 91.9 Å². The van der Waals surface area contributed by atoms with E-state index < -0.39 is 0 Å². The smallest absolute Gasteiger partial charge is 0.266 e. The van der Waals surface area contributed by atoms with Crippen molar-refractivity contribution in [3.63, 3.8) is 0 Å². The molecule has 0 saturated carbocycles. The van der Waals surface area contributed by atoms with E-state index in [1.54, 1.807) is 4.57 Å². The van der Waals surface area contributed by atoms with Crippen LogP contribution in [0.4, 0.5) is 0 Å². The lowest BCUT2D eigenvalue weighted by atomic mass is 10.2. The summed E-state index contributed by atoms with van der Waals surface area (Å²) < 4.78 is 2.68. The zero-order valence-electron chi connectivity index (χ0n) is 14.8. The summed E-state index contributed by atoms with van der Waals surface area (Å²) in [6.07, 6.45) is 3.86. The van der Waals surface area contributed by atoms with E-state index in [4.69, 9.17) is 4.98 Å². The zero-order chi connectivity index (χ0) is 18.8. The fourth-order valence-corrected chi connectivity index (χ4v) is 3.26. The van der Waals surface area contributed by atoms with Gasteiger partial charge in [-0.1, -0.05) is 64.5 Å². The van der Waals surface area contributed by atoms with Gasteiger partial charge in [0, 0.05) is 4.47 Å². The highest BCUT2D eigenvalue weighted by Gasteiger charge is 2.11. The molecule has 0 N–H and O–H groups in total. The third-order valence-electron chi connectivity index (χ3n) is 4.43. The van der Waals surface area contributed by atoms with Gasteiger partial charge < -0.3 is 0 Å². The number of para-hydroxylation sites is 1. The van der Waals surface area contributed by atoms with Gasteiger partial charge in [0.25, 0.3) is 5.56 Å². The SMILES string of the molecule is Cc1cc(-n2c(C=Cc3ccccc3)nc3ccccc3c2=O)ccc1Br. The average molecular weight is 417 g/mol. The molecule has 132 valence electrons. The topological polar surface area (TPSA) is 34.9 Å². The Morgan fingerprint density at radius 2 is 1.67 bits per heavy atom. The molecular weight excluding hydrogens is 400 g/mol. The summed E-state index contributed by atoms with van der Waals surface area (Å²) >= 11 is 3.52. The van der Waals surface area contributed by atoms with Gasteiger partial charge in [-0.05, 0) is 54.5 Å². The van der Waals surface area contributed by atoms with Gasteiger partial charge in [0.05, 0.1) is 16.6 Å². The predicted molar refractivity (Wildman–Crippen MR) is 115 cm³/mol. The largest absolute Gasteiger partial charge is 0.268 e. The van der Waals surface area contributed by atoms with E-state index in [0.717, 1.165) is 21.3 Å². The standard InChI is InChI=1S/C23H17BrN2O/c1-16-15-18(12-13-20(16)24)26-22(14-11-17-7-3-2-4-8-17)25-21-10-6-5-9-19(21)23(26)27/h2-15H,1H3. The molecule has 0 aliphatic carbocycles. The van der Waals surface area contributed by atoms with E-state index in [9.17, 15) is 4.79 Å². The first-order chi connectivity index (χ1) is 13.1. The highest BCUT2D eigenvalue weighted by Crippen LogP contribution is 2.21. The molecule has 0 unspecified atom stereocenters. The Balaban J connectivity index is 1.97. The fraction of sp³-hybridized carbons (Fsp3) is 0.0435. The number of halogens is 1. The summed E-state index contributed by atoms with van der Waals surface area (Å²) in [5, 5.41) is 0.606. The minimum atomic E-state index is -0.0740. The van der Waals surface area contributed by atoms with Gasteiger partial charge in [-0.25, -0.2) is 4.98 Å². The quantitative estimate of drug-likeness (QED) is 0.433. The molecule has 0 fully saturated rings. The number of aryl methyl sites for hydroxylation is 1. The van der Waals surface area contributed by atoms with E-state index >= 15 is 0 Å². The van der Waals surface area contributed by atoms with Crippen LogP contribution in [0.1, 0.15) is 17.0 Å². The van der Waals surface area contributed by atoms with Crippen molar-refractivity contribution >= 4 is 39.0 Å². The highest BCUT2D eigenvalue weighted by atomic mass is 79.9. The zero-order valence-corrected chi connectivity index (χ0v) is 16.3. The molecule has 3 aromatic carbocycles. The summed E-state index contributed by atoms with van der Waals surface area (Å²) in [6.45, 7) is 2.01. The number of nitrogens with zero attached hydrogens (tertiary/aromatic N) is 2. The number of hydrogen-bond acceptors (Lipinski definition) is 2. The lowest BCUT2D eigenvalue weighted by Gasteiger charge is -2.12. The molecular formula is C23H17BrN2O. The van der Waals surface area contributed by atoms with E-state index in [0.29, 0.717) is 16.7 Å². The van der Waals surface area contributed by atoms with Crippen molar-refractivity contribution in [1.29, 1.82) is 0 Å². The summed E-state index contributed by atoms with van der Waals surface area (Å²) in [5.74, 6) is 0.601. The maximum absolute atomic E-state index is 13.2. The predicted octanol–water partition coefficient (Wildman–Crippen LogP) is 5.63. The second kappa shape index (κ2) is 7.33.